The molecule has 0 radical (unpaired) electrons. The molecule has 0 bridgehead atoms. The van der Waals surface area contributed by atoms with Crippen LogP contribution < -0.4 is 5.73 Å². The fourth-order valence-electron chi connectivity index (χ4n) is 1.42. The number of benzene rings is 1. The predicted molar refractivity (Wildman–Crippen MR) is 60.7 cm³/mol. The summed E-state index contributed by atoms with van der Waals surface area (Å²) in [7, 11) is 0. The van der Waals surface area contributed by atoms with E-state index in [4.69, 9.17) is 17.3 Å². The molecule has 1 aromatic heterocycles. The van der Waals surface area contributed by atoms with Crippen molar-refractivity contribution in [2.24, 2.45) is 5.73 Å². The second-order valence-corrected chi connectivity index (χ2v) is 3.82. The molecule has 0 fully saturated rings. The Bertz CT molecular complexity index is 451. The molecule has 1 aromatic carbocycles. The standard InChI is InChI=1S/C11H12ClN3/c12-11-3-1-2-9(4-11)7-15-8-10(5-13)6-14-15/h1-4,6,8H,5,7,13H2. The molecule has 2 rings (SSSR count). The Morgan fingerprint density at radius 1 is 1.33 bits per heavy atom. The maximum absolute atomic E-state index is 5.89. The van der Waals surface area contributed by atoms with Gasteiger partial charge >= 0.3 is 0 Å². The van der Waals surface area contributed by atoms with Gasteiger partial charge in [-0.2, -0.15) is 5.10 Å². The summed E-state index contributed by atoms with van der Waals surface area (Å²) in [4.78, 5) is 0. The van der Waals surface area contributed by atoms with Crippen molar-refractivity contribution >= 4 is 11.6 Å². The van der Waals surface area contributed by atoms with Crippen LogP contribution in [0.5, 0.6) is 0 Å². The van der Waals surface area contributed by atoms with E-state index >= 15 is 0 Å². The zero-order valence-electron chi connectivity index (χ0n) is 8.23. The highest BCUT2D eigenvalue weighted by Crippen LogP contribution is 2.11. The number of aromatic nitrogens is 2. The minimum atomic E-state index is 0.523. The van der Waals surface area contributed by atoms with Crippen molar-refractivity contribution in [1.29, 1.82) is 0 Å². The summed E-state index contributed by atoms with van der Waals surface area (Å²) in [5.74, 6) is 0. The van der Waals surface area contributed by atoms with Crippen molar-refractivity contribution < 1.29 is 0 Å². The molecule has 2 aromatic rings. The Labute approximate surface area is 93.5 Å². The molecule has 15 heavy (non-hydrogen) atoms. The first-order valence-electron chi connectivity index (χ1n) is 4.74. The number of nitrogens with zero attached hydrogens (tertiary/aromatic N) is 2. The lowest BCUT2D eigenvalue weighted by atomic mass is 10.2. The van der Waals surface area contributed by atoms with Gasteiger partial charge < -0.3 is 5.73 Å². The van der Waals surface area contributed by atoms with Crippen LogP contribution in [-0.2, 0) is 13.1 Å². The van der Waals surface area contributed by atoms with Gasteiger partial charge in [0.1, 0.15) is 0 Å². The first kappa shape index (κ1) is 10.2. The lowest BCUT2D eigenvalue weighted by molar-refractivity contribution is 0.686. The topological polar surface area (TPSA) is 43.8 Å². The van der Waals surface area contributed by atoms with Crippen LogP contribution in [0.25, 0.3) is 0 Å². The lowest BCUT2D eigenvalue weighted by Gasteiger charge is -2.01. The van der Waals surface area contributed by atoms with Gasteiger partial charge in [0.25, 0.3) is 0 Å². The fourth-order valence-corrected chi connectivity index (χ4v) is 1.63. The zero-order valence-corrected chi connectivity index (χ0v) is 8.98. The van der Waals surface area contributed by atoms with Crippen molar-refractivity contribution in [3.63, 3.8) is 0 Å². The molecule has 0 unspecified atom stereocenters. The van der Waals surface area contributed by atoms with E-state index in [0.29, 0.717) is 6.54 Å². The van der Waals surface area contributed by atoms with Gasteiger partial charge in [-0.25, -0.2) is 0 Å². The van der Waals surface area contributed by atoms with Crippen LogP contribution in [0.2, 0.25) is 5.02 Å². The van der Waals surface area contributed by atoms with E-state index in [-0.39, 0.29) is 0 Å². The molecule has 0 saturated heterocycles. The summed E-state index contributed by atoms with van der Waals surface area (Å²) in [5.41, 5.74) is 7.68. The molecular weight excluding hydrogens is 210 g/mol. The maximum atomic E-state index is 5.89. The molecular formula is C11H12ClN3. The molecule has 3 nitrogen and oxygen atoms in total. The highest BCUT2D eigenvalue weighted by molar-refractivity contribution is 6.30. The summed E-state index contributed by atoms with van der Waals surface area (Å²) in [6.07, 6.45) is 3.73. The van der Waals surface area contributed by atoms with E-state index in [1.165, 1.54) is 0 Å². The van der Waals surface area contributed by atoms with Crippen molar-refractivity contribution in [2.75, 3.05) is 0 Å². The van der Waals surface area contributed by atoms with Crippen molar-refractivity contribution in [3.8, 4) is 0 Å². The molecule has 4 heteroatoms. The van der Waals surface area contributed by atoms with E-state index in [1.807, 2.05) is 35.1 Å². The molecule has 0 aliphatic rings. The Balaban J connectivity index is 2.14. The van der Waals surface area contributed by atoms with Crippen molar-refractivity contribution in [2.45, 2.75) is 13.1 Å². The summed E-state index contributed by atoms with van der Waals surface area (Å²) >= 11 is 5.89. The second kappa shape index (κ2) is 4.47. The van der Waals surface area contributed by atoms with Crippen LogP contribution in [0.1, 0.15) is 11.1 Å². The van der Waals surface area contributed by atoms with E-state index in [2.05, 4.69) is 5.10 Å². The van der Waals surface area contributed by atoms with Crippen LogP contribution >= 0.6 is 11.6 Å². The third kappa shape index (κ3) is 2.58. The lowest BCUT2D eigenvalue weighted by Crippen LogP contribution is -2.00. The minimum absolute atomic E-state index is 0.523. The molecule has 0 amide bonds. The van der Waals surface area contributed by atoms with Crippen molar-refractivity contribution in [3.05, 3.63) is 52.8 Å². The van der Waals surface area contributed by atoms with Crippen LogP contribution in [0, 0.1) is 0 Å². The van der Waals surface area contributed by atoms with Crippen LogP contribution in [0.3, 0.4) is 0 Å². The summed E-state index contributed by atoms with van der Waals surface area (Å²) in [5, 5.41) is 4.95. The molecule has 1 heterocycles. The Morgan fingerprint density at radius 2 is 2.20 bits per heavy atom. The molecule has 0 atom stereocenters. The Morgan fingerprint density at radius 3 is 2.87 bits per heavy atom. The second-order valence-electron chi connectivity index (χ2n) is 3.38. The zero-order chi connectivity index (χ0) is 10.7. The number of hydrogen-bond acceptors (Lipinski definition) is 2. The van der Waals surface area contributed by atoms with E-state index in [0.717, 1.165) is 22.7 Å². The van der Waals surface area contributed by atoms with Gasteiger partial charge in [-0.3, -0.25) is 4.68 Å². The normalized spacial score (nSPS) is 10.5. The monoisotopic (exact) mass is 221 g/mol. The first-order valence-corrected chi connectivity index (χ1v) is 5.11. The van der Waals surface area contributed by atoms with Crippen LogP contribution in [-0.4, -0.2) is 9.78 Å². The SMILES string of the molecule is NCc1cnn(Cc2cccc(Cl)c2)c1. The van der Waals surface area contributed by atoms with Crippen molar-refractivity contribution in [1.82, 2.24) is 9.78 Å². The maximum Gasteiger partial charge on any atom is 0.0660 e. The van der Waals surface area contributed by atoms with Gasteiger partial charge in [-0.15, -0.1) is 0 Å². The number of hydrogen-bond donors (Lipinski definition) is 1. The van der Waals surface area contributed by atoms with E-state index < -0.39 is 0 Å². The van der Waals surface area contributed by atoms with Gasteiger partial charge in [0.2, 0.25) is 0 Å². The predicted octanol–water partition coefficient (Wildman–Crippen LogP) is 2.04. The third-order valence-corrected chi connectivity index (χ3v) is 2.39. The minimum Gasteiger partial charge on any atom is -0.326 e. The van der Waals surface area contributed by atoms with Gasteiger partial charge in [0.05, 0.1) is 12.7 Å². The van der Waals surface area contributed by atoms with Gasteiger partial charge in [0.15, 0.2) is 0 Å². The largest absolute Gasteiger partial charge is 0.326 e. The van der Waals surface area contributed by atoms with E-state index in [1.54, 1.807) is 6.20 Å². The molecule has 0 saturated carbocycles. The highest BCUT2D eigenvalue weighted by atomic mass is 35.5. The number of rotatable bonds is 3. The molecule has 78 valence electrons. The van der Waals surface area contributed by atoms with Gasteiger partial charge in [-0.1, -0.05) is 23.7 Å². The third-order valence-electron chi connectivity index (χ3n) is 2.16. The number of nitrogens with two attached hydrogens (primary N) is 1. The summed E-state index contributed by atoms with van der Waals surface area (Å²) in [6.45, 7) is 1.25. The average molecular weight is 222 g/mol. The Kier molecular flexibility index (Phi) is 3.04. The average Bonchev–Trinajstić information content (AvgIpc) is 2.65. The molecule has 0 spiro atoms. The van der Waals surface area contributed by atoms with Crippen LogP contribution in [0.4, 0.5) is 0 Å². The van der Waals surface area contributed by atoms with E-state index in [9.17, 15) is 0 Å². The fraction of sp³-hybridized carbons (Fsp3) is 0.182. The quantitative estimate of drug-likeness (QED) is 0.862. The summed E-state index contributed by atoms with van der Waals surface area (Å²) < 4.78 is 1.86. The first-order chi connectivity index (χ1) is 7.28. The van der Waals surface area contributed by atoms with Crippen LogP contribution in [0.15, 0.2) is 36.7 Å². The molecule has 0 aliphatic carbocycles. The van der Waals surface area contributed by atoms with Gasteiger partial charge in [-0.05, 0) is 17.7 Å². The molecule has 0 aliphatic heterocycles. The smallest absolute Gasteiger partial charge is 0.0660 e. The highest BCUT2D eigenvalue weighted by Gasteiger charge is 1.98. The number of halogens is 1. The Hall–Kier alpha value is -1.32. The molecule has 2 N–H and O–H groups in total. The van der Waals surface area contributed by atoms with Gasteiger partial charge in [0, 0.05) is 23.3 Å². The summed E-state index contributed by atoms with van der Waals surface area (Å²) in [6, 6.07) is 7.76.